The van der Waals surface area contributed by atoms with Crippen molar-refractivity contribution in [2.45, 2.75) is 26.8 Å². The molecule has 0 saturated heterocycles. The molecule has 0 bridgehead atoms. The van der Waals surface area contributed by atoms with E-state index in [0.717, 1.165) is 17.8 Å². The van der Waals surface area contributed by atoms with E-state index in [1.54, 1.807) is 7.11 Å². The maximum absolute atomic E-state index is 12.0. The summed E-state index contributed by atoms with van der Waals surface area (Å²) in [6, 6.07) is 5.77. The Morgan fingerprint density at radius 3 is 2.72 bits per heavy atom. The largest absolute Gasteiger partial charge is 0.385 e. The first kappa shape index (κ1) is 14.5. The lowest BCUT2D eigenvalue weighted by Crippen LogP contribution is -2.35. The number of rotatable bonds is 6. The quantitative estimate of drug-likeness (QED) is 0.813. The number of anilines is 1. The first-order valence-electron chi connectivity index (χ1n) is 6.22. The molecular formula is C14H22N2O2. The SMILES string of the molecule is CCNc1ccc(C(=O)NC(C)COC)c(C)c1. The third-order valence-corrected chi connectivity index (χ3v) is 2.65. The van der Waals surface area contributed by atoms with Crippen molar-refractivity contribution >= 4 is 11.6 Å². The first-order chi connectivity index (χ1) is 8.58. The van der Waals surface area contributed by atoms with Crippen LogP contribution in [0.3, 0.4) is 0 Å². The number of aryl methyl sites for hydroxylation is 1. The lowest BCUT2D eigenvalue weighted by molar-refractivity contribution is 0.0905. The van der Waals surface area contributed by atoms with Crippen LogP contribution in [0.15, 0.2) is 18.2 Å². The van der Waals surface area contributed by atoms with Gasteiger partial charge in [0.15, 0.2) is 0 Å². The summed E-state index contributed by atoms with van der Waals surface area (Å²) in [5, 5.41) is 6.13. The van der Waals surface area contributed by atoms with Crippen LogP contribution in [0.2, 0.25) is 0 Å². The van der Waals surface area contributed by atoms with E-state index in [0.29, 0.717) is 12.2 Å². The number of carbonyl (C=O) groups is 1. The second-order valence-electron chi connectivity index (χ2n) is 4.39. The van der Waals surface area contributed by atoms with Gasteiger partial charge in [0.05, 0.1) is 6.61 Å². The van der Waals surface area contributed by atoms with Crippen LogP contribution in [0.1, 0.15) is 29.8 Å². The molecule has 1 aromatic carbocycles. The lowest BCUT2D eigenvalue weighted by atomic mass is 10.1. The van der Waals surface area contributed by atoms with Crippen molar-refractivity contribution in [3.8, 4) is 0 Å². The molecule has 1 amide bonds. The minimum absolute atomic E-state index is 0.00958. The van der Waals surface area contributed by atoms with Crippen LogP contribution in [-0.4, -0.2) is 32.2 Å². The molecule has 0 spiro atoms. The molecule has 0 saturated carbocycles. The van der Waals surface area contributed by atoms with Crippen LogP contribution >= 0.6 is 0 Å². The number of hydrogen-bond acceptors (Lipinski definition) is 3. The van der Waals surface area contributed by atoms with Crippen LogP contribution in [0.25, 0.3) is 0 Å². The average molecular weight is 250 g/mol. The highest BCUT2D eigenvalue weighted by Crippen LogP contribution is 2.15. The zero-order valence-electron chi connectivity index (χ0n) is 11.5. The normalized spacial score (nSPS) is 12.0. The molecule has 100 valence electrons. The molecule has 0 aromatic heterocycles. The number of methoxy groups -OCH3 is 1. The van der Waals surface area contributed by atoms with Crippen LogP contribution in [0, 0.1) is 6.92 Å². The summed E-state index contributed by atoms with van der Waals surface area (Å²) in [5.74, 6) is -0.0555. The molecule has 1 aromatic rings. The van der Waals surface area contributed by atoms with Crippen LogP contribution in [0.5, 0.6) is 0 Å². The van der Waals surface area contributed by atoms with Gasteiger partial charge in [0, 0.05) is 30.9 Å². The maximum atomic E-state index is 12.0. The van der Waals surface area contributed by atoms with E-state index in [-0.39, 0.29) is 11.9 Å². The standard InChI is InChI=1S/C14H22N2O2/c1-5-15-12-6-7-13(10(2)8-12)14(17)16-11(3)9-18-4/h6-8,11,15H,5,9H2,1-4H3,(H,16,17). The number of nitrogens with one attached hydrogen (secondary N) is 2. The number of hydrogen-bond donors (Lipinski definition) is 2. The van der Waals surface area contributed by atoms with Crippen molar-refractivity contribution < 1.29 is 9.53 Å². The fraction of sp³-hybridized carbons (Fsp3) is 0.500. The summed E-state index contributed by atoms with van der Waals surface area (Å²) in [6.45, 7) is 7.29. The van der Waals surface area contributed by atoms with E-state index in [1.807, 2.05) is 39.0 Å². The zero-order chi connectivity index (χ0) is 13.5. The minimum atomic E-state index is -0.0555. The van der Waals surface area contributed by atoms with Crippen LogP contribution in [0.4, 0.5) is 5.69 Å². The van der Waals surface area contributed by atoms with Gasteiger partial charge < -0.3 is 15.4 Å². The summed E-state index contributed by atoms with van der Waals surface area (Å²) in [6.07, 6.45) is 0. The number of benzene rings is 1. The van der Waals surface area contributed by atoms with Gasteiger partial charge in [-0.15, -0.1) is 0 Å². The van der Waals surface area contributed by atoms with Gasteiger partial charge in [-0.1, -0.05) is 0 Å². The Bertz CT molecular complexity index is 405. The van der Waals surface area contributed by atoms with Crippen molar-refractivity contribution in [3.63, 3.8) is 0 Å². The molecule has 0 heterocycles. The van der Waals surface area contributed by atoms with Gasteiger partial charge in [0.25, 0.3) is 5.91 Å². The molecule has 0 radical (unpaired) electrons. The number of ether oxygens (including phenoxy) is 1. The van der Waals surface area contributed by atoms with Gasteiger partial charge in [-0.05, 0) is 44.5 Å². The second kappa shape index (κ2) is 7.01. The monoisotopic (exact) mass is 250 g/mol. The molecule has 4 heteroatoms. The van der Waals surface area contributed by atoms with Crippen molar-refractivity contribution in [1.82, 2.24) is 5.32 Å². The Hall–Kier alpha value is -1.55. The predicted octanol–water partition coefficient (Wildman–Crippen LogP) is 2.19. The average Bonchev–Trinajstić information content (AvgIpc) is 2.29. The fourth-order valence-electron chi connectivity index (χ4n) is 1.83. The Labute approximate surface area is 109 Å². The summed E-state index contributed by atoms with van der Waals surface area (Å²) in [4.78, 5) is 12.0. The molecule has 1 rings (SSSR count). The molecule has 4 nitrogen and oxygen atoms in total. The van der Waals surface area contributed by atoms with E-state index in [2.05, 4.69) is 10.6 Å². The molecule has 2 N–H and O–H groups in total. The predicted molar refractivity (Wildman–Crippen MR) is 74.1 cm³/mol. The van der Waals surface area contributed by atoms with Crippen LogP contribution < -0.4 is 10.6 Å². The van der Waals surface area contributed by atoms with Gasteiger partial charge in [-0.25, -0.2) is 0 Å². The Balaban J connectivity index is 2.74. The molecule has 0 aliphatic carbocycles. The van der Waals surface area contributed by atoms with Crippen molar-refractivity contribution in [2.75, 3.05) is 25.6 Å². The smallest absolute Gasteiger partial charge is 0.251 e. The molecule has 1 atom stereocenters. The number of amides is 1. The molecule has 0 aliphatic heterocycles. The molecule has 18 heavy (non-hydrogen) atoms. The third-order valence-electron chi connectivity index (χ3n) is 2.65. The highest BCUT2D eigenvalue weighted by atomic mass is 16.5. The van der Waals surface area contributed by atoms with Gasteiger partial charge in [-0.2, -0.15) is 0 Å². The van der Waals surface area contributed by atoms with E-state index >= 15 is 0 Å². The van der Waals surface area contributed by atoms with Gasteiger partial charge in [0.1, 0.15) is 0 Å². The van der Waals surface area contributed by atoms with Gasteiger partial charge in [0.2, 0.25) is 0 Å². The minimum Gasteiger partial charge on any atom is -0.385 e. The highest BCUT2D eigenvalue weighted by molar-refractivity contribution is 5.96. The Morgan fingerprint density at radius 1 is 1.44 bits per heavy atom. The topological polar surface area (TPSA) is 50.4 Å². The summed E-state index contributed by atoms with van der Waals surface area (Å²) in [7, 11) is 1.62. The highest BCUT2D eigenvalue weighted by Gasteiger charge is 2.12. The lowest BCUT2D eigenvalue weighted by Gasteiger charge is -2.14. The first-order valence-corrected chi connectivity index (χ1v) is 6.22. The summed E-state index contributed by atoms with van der Waals surface area (Å²) >= 11 is 0. The van der Waals surface area contributed by atoms with Crippen molar-refractivity contribution in [1.29, 1.82) is 0 Å². The van der Waals surface area contributed by atoms with Crippen LogP contribution in [-0.2, 0) is 4.74 Å². The fourth-order valence-corrected chi connectivity index (χ4v) is 1.83. The summed E-state index contributed by atoms with van der Waals surface area (Å²) < 4.78 is 5.00. The van der Waals surface area contributed by atoms with E-state index in [1.165, 1.54) is 0 Å². The molecule has 0 aliphatic rings. The molecule has 1 unspecified atom stereocenters. The number of carbonyl (C=O) groups excluding carboxylic acids is 1. The Kier molecular flexibility index (Phi) is 5.65. The van der Waals surface area contributed by atoms with E-state index in [4.69, 9.17) is 4.74 Å². The molecule has 0 fully saturated rings. The molecular weight excluding hydrogens is 228 g/mol. The third kappa shape index (κ3) is 4.04. The van der Waals surface area contributed by atoms with E-state index < -0.39 is 0 Å². The van der Waals surface area contributed by atoms with E-state index in [9.17, 15) is 4.79 Å². The van der Waals surface area contributed by atoms with Gasteiger partial charge in [-0.3, -0.25) is 4.79 Å². The summed E-state index contributed by atoms with van der Waals surface area (Å²) in [5.41, 5.74) is 2.71. The van der Waals surface area contributed by atoms with Crippen molar-refractivity contribution in [2.24, 2.45) is 0 Å². The van der Waals surface area contributed by atoms with Crippen molar-refractivity contribution in [3.05, 3.63) is 29.3 Å². The maximum Gasteiger partial charge on any atom is 0.251 e. The second-order valence-corrected chi connectivity index (χ2v) is 4.39. The Morgan fingerprint density at radius 2 is 2.17 bits per heavy atom. The van der Waals surface area contributed by atoms with Gasteiger partial charge >= 0.3 is 0 Å². The zero-order valence-corrected chi connectivity index (χ0v) is 11.5.